The highest BCUT2D eigenvalue weighted by atomic mass is 32.1. The second-order valence-electron chi connectivity index (χ2n) is 8.67. The molecule has 0 aliphatic rings. The summed E-state index contributed by atoms with van der Waals surface area (Å²) in [5, 5.41) is 9.20. The summed E-state index contributed by atoms with van der Waals surface area (Å²) in [5.74, 6) is -0.237. The third-order valence-corrected chi connectivity index (χ3v) is 7.14. The lowest BCUT2D eigenvalue weighted by molar-refractivity contribution is 0.0999. The number of carbonyl (C=O) groups is 1. The Hall–Kier alpha value is -4.76. The quantitative estimate of drug-likeness (QED) is 0.302. The van der Waals surface area contributed by atoms with Crippen molar-refractivity contribution < 1.29 is 4.79 Å². The number of anilines is 3. The molecular weight excluding hydrogens is 482 g/mol. The van der Waals surface area contributed by atoms with E-state index in [1.165, 1.54) is 11.3 Å². The molecule has 0 spiro atoms. The lowest BCUT2D eigenvalue weighted by Crippen LogP contribution is -2.26. The zero-order valence-electron chi connectivity index (χ0n) is 20.2. The fourth-order valence-corrected chi connectivity index (χ4v) is 5.23. The van der Waals surface area contributed by atoms with E-state index in [1.54, 1.807) is 21.8 Å². The van der Waals surface area contributed by atoms with Crippen molar-refractivity contribution in [3.63, 3.8) is 0 Å². The molecule has 1 amide bonds. The van der Waals surface area contributed by atoms with Crippen LogP contribution in [0.4, 0.5) is 17.1 Å². The molecule has 0 fully saturated rings. The van der Waals surface area contributed by atoms with Crippen LogP contribution in [0, 0.1) is 6.92 Å². The van der Waals surface area contributed by atoms with Crippen LogP contribution in [0.15, 0.2) is 91.5 Å². The molecule has 6 aromatic rings. The van der Waals surface area contributed by atoms with Gasteiger partial charge in [-0.3, -0.25) is 14.4 Å². The van der Waals surface area contributed by atoms with E-state index in [0.29, 0.717) is 16.4 Å². The van der Waals surface area contributed by atoms with E-state index in [2.05, 4.69) is 10.2 Å². The molecule has 0 aliphatic heterocycles. The van der Waals surface area contributed by atoms with E-state index in [-0.39, 0.29) is 5.91 Å². The second-order valence-corrected chi connectivity index (χ2v) is 9.87. The van der Waals surface area contributed by atoms with Crippen LogP contribution in [-0.2, 0) is 7.05 Å². The van der Waals surface area contributed by atoms with Gasteiger partial charge in [-0.05, 0) is 37.3 Å². The first kappa shape index (κ1) is 22.7. The van der Waals surface area contributed by atoms with Crippen molar-refractivity contribution in [3.05, 3.63) is 101 Å². The van der Waals surface area contributed by atoms with Crippen LogP contribution in [0.1, 0.15) is 14.7 Å². The zero-order chi connectivity index (χ0) is 25.5. The number of thiazole rings is 1. The summed E-state index contributed by atoms with van der Waals surface area (Å²) in [4.78, 5) is 21.3. The molecule has 0 bridgehead atoms. The largest absolute Gasteiger partial charge is 0.397 e. The maximum absolute atomic E-state index is 13.9. The topological polar surface area (TPSA) is 94.3 Å². The molecule has 0 atom stereocenters. The number of nitrogens with two attached hydrogens (primary N) is 1. The van der Waals surface area contributed by atoms with E-state index in [0.717, 1.165) is 38.5 Å². The number of benzene rings is 2. The zero-order valence-corrected chi connectivity index (χ0v) is 21.1. The Morgan fingerprint density at radius 3 is 2.46 bits per heavy atom. The lowest BCUT2D eigenvalue weighted by Gasteiger charge is -2.23. The molecule has 0 radical (unpaired) electrons. The summed E-state index contributed by atoms with van der Waals surface area (Å²) >= 11 is 1.36. The summed E-state index contributed by atoms with van der Waals surface area (Å²) in [6.45, 7) is 1.97. The minimum atomic E-state index is -0.237. The van der Waals surface area contributed by atoms with Crippen molar-refractivity contribution in [3.8, 4) is 22.4 Å². The van der Waals surface area contributed by atoms with Gasteiger partial charge in [0.2, 0.25) is 0 Å². The number of pyridine rings is 1. The molecule has 0 saturated heterocycles. The Bertz CT molecular complexity index is 1750. The number of nitrogens with zero attached hydrogens (tertiary/aromatic N) is 6. The van der Waals surface area contributed by atoms with Crippen molar-refractivity contribution in [1.29, 1.82) is 0 Å². The average Bonchev–Trinajstić information content (AvgIpc) is 3.63. The minimum Gasteiger partial charge on any atom is -0.397 e. The van der Waals surface area contributed by atoms with Gasteiger partial charge in [-0.25, -0.2) is 9.50 Å². The van der Waals surface area contributed by atoms with E-state index in [4.69, 9.17) is 10.7 Å². The number of para-hydroxylation sites is 3. The van der Waals surface area contributed by atoms with Crippen LogP contribution in [-0.4, -0.2) is 30.3 Å². The number of fused-ring (bicyclic) bond motifs is 1. The number of hydrogen-bond acceptors (Lipinski definition) is 6. The fourth-order valence-electron chi connectivity index (χ4n) is 4.38. The van der Waals surface area contributed by atoms with Gasteiger partial charge in [0.1, 0.15) is 0 Å². The van der Waals surface area contributed by atoms with Crippen LogP contribution in [0.5, 0.6) is 0 Å². The summed E-state index contributed by atoms with van der Waals surface area (Å²) in [6.07, 6.45) is 7.56. The Balaban J connectivity index is 1.40. The summed E-state index contributed by atoms with van der Waals surface area (Å²) in [5.41, 5.74) is 12.7. The molecule has 9 heteroatoms. The van der Waals surface area contributed by atoms with E-state index < -0.39 is 0 Å². The van der Waals surface area contributed by atoms with E-state index in [9.17, 15) is 4.79 Å². The summed E-state index contributed by atoms with van der Waals surface area (Å²) in [7, 11) is 1.89. The first-order valence-electron chi connectivity index (χ1n) is 11.7. The van der Waals surface area contributed by atoms with Crippen molar-refractivity contribution >= 4 is 39.8 Å². The Morgan fingerprint density at radius 1 is 0.919 bits per heavy atom. The number of hydrogen-bond donors (Lipinski definition) is 1. The normalized spacial score (nSPS) is 11.2. The molecule has 37 heavy (non-hydrogen) atoms. The molecule has 0 unspecified atom stereocenters. The van der Waals surface area contributed by atoms with Gasteiger partial charge in [-0.1, -0.05) is 36.4 Å². The van der Waals surface area contributed by atoms with E-state index >= 15 is 0 Å². The van der Waals surface area contributed by atoms with Gasteiger partial charge in [0, 0.05) is 46.7 Å². The molecular formula is C28H23N7OS. The predicted molar refractivity (Wildman–Crippen MR) is 147 cm³/mol. The van der Waals surface area contributed by atoms with Gasteiger partial charge in [-0.15, -0.1) is 11.3 Å². The highest BCUT2D eigenvalue weighted by Gasteiger charge is 2.26. The highest BCUT2D eigenvalue weighted by molar-refractivity contribution is 7.14. The number of carbonyl (C=O) groups excluding carboxylic acids is 1. The highest BCUT2D eigenvalue weighted by Crippen LogP contribution is 2.36. The summed E-state index contributed by atoms with van der Waals surface area (Å²) in [6, 6.07) is 20.9. The molecule has 0 saturated carbocycles. The smallest absolute Gasteiger partial charge is 0.291 e. The minimum absolute atomic E-state index is 0.237. The van der Waals surface area contributed by atoms with Gasteiger partial charge in [0.05, 0.1) is 35.0 Å². The fraction of sp³-hybridized carbons (Fsp3) is 0.0714. The predicted octanol–water partition coefficient (Wildman–Crippen LogP) is 5.73. The Labute approximate surface area is 217 Å². The second kappa shape index (κ2) is 9.03. The van der Waals surface area contributed by atoms with Gasteiger partial charge < -0.3 is 5.73 Å². The molecule has 2 N–H and O–H groups in total. The van der Waals surface area contributed by atoms with Gasteiger partial charge in [0.25, 0.3) is 5.91 Å². The van der Waals surface area contributed by atoms with Crippen molar-refractivity contribution in [2.24, 2.45) is 7.05 Å². The van der Waals surface area contributed by atoms with Crippen molar-refractivity contribution in [2.45, 2.75) is 6.92 Å². The summed E-state index contributed by atoms with van der Waals surface area (Å²) < 4.78 is 3.60. The average molecular weight is 506 g/mol. The number of aryl methyl sites for hydroxylation is 2. The van der Waals surface area contributed by atoms with Gasteiger partial charge in [0.15, 0.2) is 5.01 Å². The SMILES string of the molecule is Cc1sc(C(=O)N(c2ccccc2)c2ccccc2N)nc1-c1cnn2cc(-c3cnn(C)c3)ccc12. The molecule has 4 heterocycles. The lowest BCUT2D eigenvalue weighted by atomic mass is 10.1. The molecule has 8 nitrogen and oxygen atoms in total. The van der Waals surface area contributed by atoms with Crippen LogP contribution < -0.4 is 10.6 Å². The number of aromatic nitrogens is 5. The van der Waals surface area contributed by atoms with E-state index in [1.807, 2.05) is 97.7 Å². The van der Waals surface area contributed by atoms with Crippen LogP contribution in [0.2, 0.25) is 0 Å². The molecule has 0 aliphatic carbocycles. The Kier molecular flexibility index (Phi) is 5.54. The maximum Gasteiger partial charge on any atom is 0.291 e. The third-order valence-electron chi connectivity index (χ3n) is 6.18. The van der Waals surface area contributed by atoms with Crippen molar-refractivity contribution in [1.82, 2.24) is 24.4 Å². The van der Waals surface area contributed by atoms with Crippen molar-refractivity contribution in [2.75, 3.05) is 10.6 Å². The standard InChI is InChI=1S/C28H23N7OS/c1-18-26(22-15-31-34-17-19(12-13-24(22)34)20-14-30-33(2)16-20)32-27(37-18)28(36)35(21-8-4-3-5-9-21)25-11-7-6-10-23(25)29/h3-17H,29H2,1-2H3. The van der Waals surface area contributed by atoms with Gasteiger partial charge in [-0.2, -0.15) is 10.2 Å². The first-order chi connectivity index (χ1) is 18.0. The third kappa shape index (κ3) is 4.05. The number of rotatable bonds is 5. The van der Waals surface area contributed by atoms with Crippen LogP contribution in [0.25, 0.3) is 27.9 Å². The number of amides is 1. The number of nitrogen functional groups attached to an aromatic ring is 1. The Morgan fingerprint density at radius 2 is 1.70 bits per heavy atom. The maximum atomic E-state index is 13.9. The van der Waals surface area contributed by atoms with Crippen LogP contribution in [0.3, 0.4) is 0 Å². The van der Waals surface area contributed by atoms with Gasteiger partial charge >= 0.3 is 0 Å². The molecule has 6 rings (SSSR count). The first-order valence-corrected chi connectivity index (χ1v) is 12.5. The molecule has 2 aromatic carbocycles. The monoisotopic (exact) mass is 505 g/mol. The molecule has 4 aromatic heterocycles. The molecule has 182 valence electrons. The van der Waals surface area contributed by atoms with Crippen LogP contribution >= 0.6 is 11.3 Å².